The molecular weight excluding hydrogens is 552 g/mol. The third-order valence-corrected chi connectivity index (χ3v) is 8.85. The number of benzene rings is 1. The lowest BCUT2D eigenvalue weighted by Crippen LogP contribution is -2.63. The summed E-state index contributed by atoms with van der Waals surface area (Å²) in [5.41, 5.74) is 4.44. The number of ether oxygens (including phenoxy) is 3. The fraction of sp³-hybridized carbons (Fsp3) is 0.677. The molecule has 1 aromatic rings. The fourth-order valence-corrected chi connectivity index (χ4v) is 6.70. The number of hydrogen-bond donors (Lipinski definition) is 3. The zero-order valence-electron chi connectivity index (χ0n) is 25.8. The number of hydrazine groups is 1. The molecule has 4 unspecified atom stereocenters. The summed E-state index contributed by atoms with van der Waals surface area (Å²) in [6.45, 7) is 11.7. The van der Waals surface area contributed by atoms with Crippen molar-refractivity contribution in [2.24, 2.45) is 5.92 Å². The minimum Gasteiger partial charge on any atom is -0.458 e. The molecule has 0 aliphatic carbocycles. The molecule has 12 heteroatoms. The van der Waals surface area contributed by atoms with E-state index in [0.717, 1.165) is 11.3 Å². The number of piperidine rings is 1. The van der Waals surface area contributed by atoms with Crippen molar-refractivity contribution in [3.63, 3.8) is 0 Å². The SMILES string of the molecule is Cc1cc(NC2NN([C@]3(CC#N)CC[C@@H](C(=O)OC(C)(C)C)OC3)C3CCNC(=O)C23)ccc1C(=O)N1CCOCC1C. The van der Waals surface area contributed by atoms with Crippen LogP contribution in [0.1, 0.15) is 69.3 Å². The molecular formula is C31H44N6O6. The molecule has 0 spiro atoms. The van der Waals surface area contributed by atoms with Crippen molar-refractivity contribution in [3.05, 3.63) is 29.3 Å². The first-order valence-corrected chi connectivity index (χ1v) is 15.2. The van der Waals surface area contributed by atoms with E-state index in [0.29, 0.717) is 51.1 Å². The Balaban J connectivity index is 1.33. The molecule has 0 bridgehead atoms. The number of fused-ring (bicyclic) bond motifs is 1. The van der Waals surface area contributed by atoms with E-state index in [1.165, 1.54) is 0 Å². The number of carbonyl (C=O) groups is 3. The third kappa shape index (κ3) is 6.50. The van der Waals surface area contributed by atoms with Crippen LogP contribution in [-0.2, 0) is 23.8 Å². The first kappa shape index (κ1) is 31.2. The molecule has 4 aliphatic heterocycles. The molecule has 5 rings (SSSR count). The first-order valence-electron chi connectivity index (χ1n) is 15.2. The molecule has 234 valence electrons. The Hall–Kier alpha value is -3.24. The summed E-state index contributed by atoms with van der Waals surface area (Å²) in [6.07, 6.45) is 0.670. The van der Waals surface area contributed by atoms with Gasteiger partial charge in [0.05, 0.1) is 49.8 Å². The van der Waals surface area contributed by atoms with Gasteiger partial charge in [-0.15, -0.1) is 0 Å². The van der Waals surface area contributed by atoms with Gasteiger partial charge in [-0.2, -0.15) is 5.26 Å². The van der Waals surface area contributed by atoms with E-state index >= 15 is 0 Å². The van der Waals surface area contributed by atoms with Gasteiger partial charge in [0.15, 0.2) is 6.10 Å². The highest BCUT2D eigenvalue weighted by Crippen LogP contribution is 2.40. The second-order valence-corrected chi connectivity index (χ2v) is 13.2. The van der Waals surface area contributed by atoms with Crippen molar-refractivity contribution in [3.8, 4) is 6.07 Å². The Kier molecular flexibility index (Phi) is 9.00. The van der Waals surface area contributed by atoms with E-state index in [4.69, 9.17) is 14.2 Å². The third-order valence-electron chi connectivity index (χ3n) is 8.85. The summed E-state index contributed by atoms with van der Waals surface area (Å²) < 4.78 is 17.1. The van der Waals surface area contributed by atoms with Gasteiger partial charge in [-0.1, -0.05) is 0 Å². The number of morpholine rings is 1. The molecule has 4 aliphatic rings. The van der Waals surface area contributed by atoms with Crippen LogP contribution in [0.15, 0.2) is 18.2 Å². The summed E-state index contributed by atoms with van der Waals surface area (Å²) in [6, 6.07) is 7.78. The highest BCUT2D eigenvalue weighted by atomic mass is 16.6. The van der Waals surface area contributed by atoms with E-state index in [1.54, 1.807) is 0 Å². The van der Waals surface area contributed by atoms with Gasteiger partial charge < -0.3 is 29.7 Å². The highest BCUT2D eigenvalue weighted by molar-refractivity contribution is 5.96. The number of anilines is 1. The molecule has 12 nitrogen and oxygen atoms in total. The Morgan fingerprint density at radius 2 is 2.07 bits per heavy atom. The standard InChI is InChI=1S/C31H44N6O6/c1-19-16-21(6-7-22(19)28(39)36-14-15-41-17-20(36)2)34-26-25-23(9-13-33-27(25)38)37(35-26)31(11-12-32)10-8-24(42-18-31)29(40)43-30(3,4)5/h6-7,16,20,23-26,34-35H,8-11,13-15,17-18H2,1-5H3,(H,33,38)/t20?,23?,24-,25?,26?,31-/m0/s1. The molecule has 2 amide bonds. The van der Waals surface area contributed by atoms with Crippen LogP contribution in [0, 0.1) is 24.2 Å². The Labute approximate surface area is 253 Å². The zero-order valence-corrected chi connectivity index (χ0v) is 25.8. The highest BCUT2D eigenvalue weighted by Gasteiger charge is 2.56. The summed E-state index contributed by atoms with van der Waals surface area (Å²) in [5, 5.41) is 18.4. The van der Waals surface area contributed by atoms with Crippen LogP contribution in [-0.4, -0.2) is 96.1 Å². The van der Waals surface area contributed by atoms with Crippen LogP contribution in [0.5, 0.6) is 0 Å². The number of hydrogen-bond acceptors (Lipinski definition) is 10. The van der Waals surface area contributed by atoms with E-state index in [-0.39, 0.29) is 36.9 Å². The maximum Gasteiger partial charge on any atom is 0.335 e. The number of carbonyl (C=O) groups excluding carboxylic acids is 3. The van der Waals surface area contributed by atoms with Crippen molar-refractivity contribution in [2.45, 2.75) is 95.8 Å². The molecule has 0 saturated carbocycles. The number of nitrogens with one attached hydrogen (secondary N) is 3. The minimum atomic E-state index is -0.717. The van der Waals surface area contributed by atoms with E-state index < -0.39 is 35.3 Å². The predicted octanol–water partition coefficient (Wildman–Crippen LogP) is 2.09. The lowest BCUT2D eigenvalue weighted by Gasteiger charge is -2.47. The molecule has 4 saturated heterocycles. The van der Waals surface area contributed by atoms with E-state index in [1.807, 2.05) is 62.7 Å². The summed E-state index contributed by atoms with van der Waals surface area (Å²) in [7, 11) is 0. The molecule has 0 radical (unpaired) electrons. The van der Waals surface area contributed by atoms with Gasteiger partial charge in [-0.05, 0) is 77.6 Å². The first-order chi connectivity index (χ1) is 20.4. The zero-order chi connectivity index (χ0) is 30.9. The molecule has 6 atom stereocenters. The number of aryl methyl sites for hydroxylation is 1. The lowest BCUT2D eigenvalue weighted by molar-refractivity contribution is -0.180. The molecule has 0 aromatic heterocycles. The summed E-state index contributed by atoms with van der Waals surface area (Å²) >= 11 is 0. The van der Waals surface area contributed by atoms with Gasteiger partial charge in [0.2, 0.25) is 5.91 Å². The molecule has 4 fully saturated rings. The quantitative estimate of drug-likeness (QED) is 0.418. The van der Waals surface area contributed by atoms with E-state index in [2.05, 4.69) is 22.1 Å². The molecule has 1 aromatic carbocycles. The van der Waals surface area contributed by atoms with Crippen LogP contribution in [0.3, 0.4) is 0 Å². The van der Waals surface area contributed by atoms with Gasteiger partial charge in [0.25, 0.3) is 5.91 Å². The topological polar surface area (TPSA) is 145 Å². The monoisotopic (exact) mass is 596 g/mol. The van der Waals surface area contributed by atoms with Crippen LogP contribution < -0.4 is 16.1 Å². The van der Waals surface area contributed by atoms with Crippen LogP contribution in [0.4, 0.5) is 5.69 Å². The van der Waals surface area contributed by atoms with Crippen LogP contribution >= 0.6 is 0 Å². The van der Waals surface area contributed by atoms with Crippen molar-refractivity contribution in [1.29, 1.82) is 5.26 Å². The smallest absolute Gasteiger partial charge is 0.335 e. The minimum absolute atomic E-state index is 0.0118. The largest absolute Gasteiger partial charge is 0.458 e. The molecule has 4 heterocycles. The predicted molar refractivity (Wildman–Crippen MR) is 158 cm³/mol. The average molecular weight is 597 g/mol. The Morgan fingerprint density at radius 1 is 1.28 bits per heavy atom. The van der Waals surface area contributed by atoms with Crippen molar-refractivity contribution in [2.75, 3.05) is 38.2 Å². The van der Waals surface area contributed by atoms with Crippen molar-refractivity contribution >= 4 is 23.5 Å². The molecule has 43 heavy (non-hydrogen) atoms. The summed E-state index contributed by atoms with van der Waals surface area (Å²) in [5.74, 6) is -0.910. The normalized spacial score (nSPS) is 31.5. The fourth-order valence-electron chi connectivity index (χ4n) is 6.70. The van der Waals surface area contributed by atoms with Crippen molar-refractivity contribution in [1.82, 2.24) is 20.7 Å². The Morgan fingerprint density at radius 3 is 2.72 bits per heavy atom. The number of nitriles is 1. The maximum absolute atomic E-state index is 13.3. The second kappa shape index (κ2) is 12.4. The summed E-state index contributed by atoms with van der Waals surface area (Å²) in [4.78, 5) is 41.0. The Bertz CT molecular complexity index is 1270. The molecule has 3 N–H and O–H groups in total. The number of esters is 1. The van der Waals surface area contributed by atoms with Gasteiger partial charge in [-0.3, -0.25) is 9.59 Å². The van der Waals surface area contributed by atoms with Crippen molar-refractivity contribution < 1.29 is 28.6 Å². The van der Waals surface area contributed by atoms with Gasteiger partial charge in [-0.25, -0.2) is 15.2 Å². The number of rotatable bonds is 6. The van der Waals surface area contributed by atoms with Gasteiger partial charge >= 0.3 is 5.97 Å². The average Bonchev–Trinajstić information content (AvgIpc) is 3.33. The maximum atomic E-state index is 13.3. The van der Waals surface area contributed by atoms with Gasteiger partial charge in [0, 0.05) is 30.4 Å². The van der Waals surface area contributed by atoms with Gasteiger partial charge in [0.1, 0.15) is 11.8 Å². The van der Waals surface area contributed by atoms with Crippen LogP contribution in [0.2, 0.25) is 0 Å². The van der Waals surface area contributed by atoms with E-state index in [9.17, 15) is 19.6 Å². The number of nitrogens with zero attached hydrogens (tertiary/aromatic N) is 3. The van der Waals surface area contributed by atoms with Crippen LogP contribution in [0.25, 0.3) is 0 Å². The second-order valence-electron chi connectivity index (χ2n) is 13.2. The number of amides is 2. The lowest BCUT2D eigenvalue weighted by atomic mass is 9.83.